The van der Waals surface area contributed by atoms with Crippen LogP contribution in [0.3, 0.4) is 0 Å². The minimum atomic E-state index is 0.389. The number of benzene rings is 1. The monoisotopic (exact) mass is 228 g/mol. The molecular formula is C14H16N2O. The topological polar surface area (TPSA) is 34.5 Å². The van der Waals surface area contributed by atoms with Crippen LogP contribution < -0.4 is 0 Å². The molecule has 1 aromatic carbocycles. The zero-order chi connectivity index (χ0) is 12.1. The molecule has 0 amide bonds. The number of hydrogen-bond donors (Lipinski definition) is 0. The van der Waals surface area contributed by atoms with E-state index < -0.39 is 0 Å². The maximum atomic E-state index is 5.02. The van der Waals surface area contributed by atoms with Gasteiger partial charge in [-0.3, -0.25) is 4.98 Å². The van der Waals surface area contributed by atoms with Gasteiger partial charge in [0.1, 0.15) is 6.61 Å². The molecule has 2 aromatic rings. The average molecular weight is 228 g/mol. The van der Waals surface area contributed by atoms with Gasteiger partial charge in [-0.25, -0.2) is 4.99 Å². The summed E-state index contributed by atoms with van der Waals surface area (Å²) in [6.07, 6.45) is 1.81. The summed E-state index contributed by atoms with van der Waals surface area (Å²) in [6.45, 7) is 4.69. The number of ether oxygens (including phenoxy) is 1. The fourth-order valence-electron chi connectivity index (χ4n) is 1.64. The number of fused-ring (bicyclic) bond motifs is 1. The Morgan fingerprint density at radius 2 is 1.94 bits per heavy atom. The highest BCUT2D eigenvalue weighted by Gasteiger charge is 2.07. The van der Waals surface area contributed by atoms with Crippen LogP contribution in [0.15, 0.2) is 47.6 Å². The van der Waals surface area contributed by atoms with Crippen molar-refractivity contribution in [2.24, 2.45) is 4.99 Å². The normalized spacial score (nSPS) is 18.0. The summed E-state index contributed by atoms with van der Waals surface area (Å²) in [5.74, 6) is 0.826. The number of hydrogen-bond acceptors (Lipinski definition) is 3. The van der Waals surface area contributed by atoms with E-state index in [1.165, 1.54) is 5.39 Å². The van der Waals surface area contributed by atoms with Gasteiger partial charge in [0.15, 0.2) is 5.90 Å². The third-order valence-corrected chi connectivity index (χ3v) is 2.45. The maximum absolute atomic E-state index is 5.02. The number of rotatable bonds is 0. The Labute approximate surface area is 101 Å². The van der Waals surface area contributed by atoms with Crippen molar-refractivity contribution in [3.63, 3.8) is 0 Å². The number of nitrogens with zero attached hydrogens (tertiary/aromatic N) is 2. The molecule has 0 bridgehead atoms. The molecule has 1 aliphatic rings. The van der Waals surface area contributed by atoms with E-state index in [1.54, 1.807) is 0 Å². The van der Waals surface area contributed by atoms with Crippen LogP contribution in [0.4, 0.5) is 0 Å². The SMILES string of the molecule is CC1=NC(C)CO1.c1ccc2ncccc2c1. The maximum Gasteiger partial charge on any atom is 0.180 e. The van der Waals surface area contributed by atoms with Gasteiger partial charge in [0.2, 0.25) is 0 Å². The van der Waals surface area contributed by atoms with E-state index >= 15 is 0 Å². The largest absolute Gasteiger partial charge is 0.479 e. The molecule has 17 heavy (non-hydrogen) atoms. The summed E-state index contributed by atoms with van der Waals surface area (Å²) in [5.41, 5.74) is 1.06. The highest BCUT2D eigenvalue weighted by Crippen LogP contribution is 2.07. The fourth-order valence-corrected chi connectivity index (χ4v) is 1.64. The van der Waals surface area contributed by atoms with Crippen molar-refractivity contribution in [1.82, 2.24) is 4.98 Å². The molecule has 3 rings (SSSR count). The minimum Gasteiger partial charge on any atom is -0.479 e. The molecule has 0 aliphatic carbocycles. The van der Waals surface area contributed by atoms with E-state index in [0.717, 1.165) is 18.0 Å². The molecule has 0 spiro atoms. The smallest absolute Gasteiger partial charge is 0.180 e. The second-order valence-corrected chi connectivity index (χ2v) is 4.00. The molecule has 1 aromatic heterocycles. The first kappa shape index (κ1) is 11.6. The molecule has 1 aliphatic heterocycles. The van der Waals surface area contributed by atoms with E-state index in [9.17, 15) is 0 Å². The minimum absolute atomic E-state index is 0.389. The van der Waals surface area contributed by atoms with Crippen molar-refractivity contribution in [2.75, 3.05) is 6.61 Å². The molecule has 1 atom stereocenters. The van der Waals surface area contributed by atoms with Gasteiger partial charge in [-0.2, -0.15) is 0 Å². The van der Waals surface area contributed by atoms with Crippen molar-refractivity contribution in [3.8, 4) is 0 Å². The average Bonchev–Trinajstić information content (AvgIpc) is 2.74. The van der Waals surface area contributed by atoms with Crippen LogP contribution in [-0.4, -0.2) is 23.5 Å². The fraction of sp³-hybridized carbons (Fsp3) is 0.286. The lowest BCUT2D eigenvalue weighted by atomic mass is 10.2. The second-order valence-electron chi connectivity index (χ2n) is 4.00. The molecule has 0 radical (unpaired) electrons. The summed E-state index contributed by atoms with van der Waals surface area (Å²) in [5, 5.41) is 1.20. The number of pyridine rings is 1. The van der Waals surface area contributed by atoms with Crippen LogP contribution in [-0.2, 0) is 4.74 Å². The van der Waals surface area contributed by atoms with Gasteiger partial charge < -0.3 is 4.74 Å². The predicted octanol–water partition coefficient (Wildman–Crippen LogP) is 3.06. The van der Waals surface area contributed by atoms with Gasteiger partial charge in [0.25, 0.3) is 0 Å². The molecule has 0 fully saturated rings. The van der Waals surface area contributed by atoms with Gasteiger partial charge >= 0.3 is 0 Å². The van der Waals surface area contributed by atoms with Gasteiger partial charge in [0.05, 0.1) is 11.6 Å². The zero-order valence-electron chi connectivity index (χ0n) is 10.1. The first-order valence-corrected chi connectivity index (χ1v) is 5.72. The van der Waals surface area contributed by atoms with E-state index in [4.69, 9.17) is 4.74 Å². The highest BCUT2D eigenvalue weighted by atomic mass is 16.5. The molecule has 0 saturated heterocycles. The standard InChI is InChI=1S/C9H7N.C5H9NO/c1-2-6-9-8(4-1)5-3-7-10-9;1-4-3-7-5(2)6-4/h1-7H;4H,3H2,1-2H3. The third kappa shape index (κ3) is 3.28. The summed E-state index contributed by atoms with van der Waals surface area (Å²) < 4.78 is 5.02. The van der Waals surface area contributed by atoms with E-state index in [0.29, 0.717) is 6.04 Å². The van der Waals surface area contributed by atoms with Crippen molar-refractivity contribution in [2.45, 2.75) is 19.9 Å². The molecule has 88 valence electrons. The third-order valence-electron chi connectivity index (χ3n) is 2.45. The molecule has 2 heterocycles. The van der Waals surface area contributed by atoms with Gasteiger partial charge in [-0.05, 0) is 19.1 Å². The van der Waals surface area contributed by atoms with E-state index in [-0.39, 0.29) is 0 Å². The molecule has 3 nitrogen and oxygen atoms in total. The van der Waals surface area contributed by atoms with Gasteiger partial charge in [-0.15, -0.1) is 0 Å². The van der Waals surface area contributed by atoms with E-state index in [1.807, 2.05) is 44.3 Å². The van der Waals surface area contributed by atoms with Crippen LogP contribution in [0, 0.1) is 0 Å². The Kier molecular flexibility index (Phi) is 3.70. The quantitative estimate of drug-likeness (QED) is 0.694. The van der Waals surface area contributed by atoms with Crippen LogP contribution in [0.1, 0.15) is 13.8 Å². The summed E-state index contributed by atoms with van der Waals surface area (Å²) >= 11 is 0. The molecular weight excluding hydrogens is 212 g/mol. The molecule has 3 heteroatoms. The number of aliphatic imine (C=N–C) groups is 1. The Morgan fingerprint density at radius 3 is 2.53 bits per heavy atom. The van der Waals surface area contributed by atoms with Crippen molar-refractivity contribution >= 4 is 16.8 Å². The van der Waals surface area contributed by atoms with Crippen LogP contribution >= 0.6 is 0 Å². The summed E-state index contributed by atoms with van der Waals surface area (Å²) in [7, 11) is 0. The number of aromatic nitrogens is 1. The number of para-hydroxylation sites is 1. The van der Waals surface area contributed by atoms with Crippen molar-refractivity contribution < 1.29 is 4.74 Å². The van der Waals surface area contributed by atoms with Crippen LogP contribution in [0.2, 0.25) is 0 Å². The van der Waals surface area contributed by atoms with Gasteiger partial charge in [-0.1, -0.05) is 24.3 Å². The summed E-state index contributed by atoms with van der Waals surface area (Å²) in [6, 6.07) is 12.5. The first-order chi connectivity index (χ1) is 8.25. The van der Waals surface area contributed by atoms with Crippen LogP contribution in [0.5, 0.6) is 0 Å². The lowest BCUT2D eigenvalue weighted by molar-refractivity contribution is 0.321. The molecule has 0 saturated carbocycles. The van der Waals surface area contributed by atoms with Gasteiger partial charge in [0, 0.05) is 18.5 Å². The predicted molar refractivity (Wildman–Crippen MR) is 70.3 cm³/mol. The first-order valence-electron chi connectivity index (χ1n) is 5.72. The Hall–Kier alpha value is -1.90. The highest BCUT2D eigenvalue weighted by molar-refractivity contribution is 5.77. The van der Waals surface area contributed by atoms with Crippen molar-refractivity contribution in [1.29, 1.82) is 0 Å². The second kappa shape index (κ2) is 5.43. The Bertz CT molecular complexity index is 457. The lowest BCUT2D eigenvalue weighted by Gasteiger charge is -1.91. The van der Waals surface area contributed by atoms with Crippen molar-refractivity contribution in [3.05, 3.63) is 42.6 Å². The summed E-state index contributed by atoms with van der Waals surface area (Å²) in [4.78, 5) is 8.26. The Balaban J connectivity index is 0.000000136. The molecule has 1 unspecified atom stereocenters. The Morgan fingerprint density at radius 1 is 1.18 bits per heavy atom. The van der Waals surface area contributed by atoms with E-state index in [2.05, 4.69) is 22.1 Å². The zero-order valence-corrected chi connectivity index (χ0v) is 10.1. The lowest BCUT2D eigenvalue weighted by Crippen LogP contribution is -1.97. The van der Waals surface area contributed by atoms with Crippen LogP contribution in [0.25, 0.3) is 10.9 Å². The molecule has 0 N–H and O–H groups in total.